The molecule has 3 rings (SSSR count). The summed E-state index contributed by atoms with van der Waals surface area (Å²) in [5.41, 5.74) is 1.47. The standard InChI is InChI=1S/C21H27N3O4/c1-26-18-10-9-17(19(27-2)20(18)28-3)21(25)23-16-8-6-12-24(14-16)13-15-7-4-5-11-22-15/h4-5,7,9-11,16H,6,8,12-14H2,1-3H3,(H,23,25). The molecule has 1 unspecified atom stereocenters. The maximum Gasteiger partial charge on any atom is 0.255 e. The van der Waals surface area contributed by atoms with Crippen LogP contribution in [0.1, 0.15) is 28.9 Å². The molecular formula is C21H27N3O4. The van der Waals surface area contributed by atoms with Crippen LogP contribution in [-0.2, 0) is 6.54 Å². The van der Waals surface area contributed by atoms with Crippen LogP contribution < -0.4 is 19.5 Å². The number of benzene rings is 1. The van der Waals surface area contributed by atoms with Gasteiger partial charge >= 0.3 is 0 Å². The Bertz CT molecular complexity index is 798. The van der Waals surface area contributed by atoms with Gasteiger partial charge in [-0.05, 0) is 43.7 Å². The number of methoxy groups -OCH3 is 3. The first kappa shape index (κ1) is 19.9. The highest BCUT2D eigenvalue weighted by atomic mass is 16.5. The maximum absolute atomic E-state index is 12.9. The first-order valence-electron chi connectivity index (χ1n) is 9.38. The number of piperidine rings is 1. The molecule has 150 valence electrons. The van der Waals surface area contributed by atoms with Gasteiger partial charge in [-0.3, -0.25) is 14.7 Å². The van der Waals surface area contributed by atoms with E-state index >= 15 is 0 Å². The van der Waals surface area contributed by atoms with Gasteiger partial charge in [0, 0.05) is 25.3 Å². The molecule has 28 heavy (non-hydrogen) atoms. The minimum atomic E-state index is -0.178. The van der Waals surface area contributed by atoms with E-state index in [1.165, 1.54) is 14.2 Å². The normalized spacial score (nSPS) is 17.0. The van der Waals surface area contributed by atoms with Gasteiger partial charge in [0.25, 0.3) is 5.91 Å². The average molecular weight is 385 g/mol. The van der Waals surface area contributed by atoms with Crippen molar-refractivity contribution in [3.05, 3.63) is 47.8 Å². The third-order valence-electron chi connectivity index (χ3n) is 4.90. The fourth-order valence-electron chi connectivity index (χ4n) is 3.58. The predicted molar refractivity (Wildman–Crippen MR) is 106 cm³/mol. The molecule has 1 saturated heterocycles. The topological polar surface area (TPSA) is 72.9 Å². The van der Waals surface area contributed by atoms with Crippen LogP contribution in [0.25, 0.3) is 0 Å². The second kappa shape index (κ2) is 9.41. The molecule has 0 spiro atoms. The van der Waals surface area contributed by atoms with Crippen molar-refractivity contribution in [1.82, 2.24) is 15.2 Å². The number of hydrogen-bond acceptors (Lipinski definition) is 6. The summed E-state index contributed by atoms with van der Waals surface area (Å²) < 4.78 is 16.1. The van der Waals surface area contributed by atoms with Crippen LogP contribution in [-0.4, -0.2) is 56.3 Å². The summed E-state index contributed by atoms with van der Waals surface area (Å²) in [6.07, 6.45) is 3.78. The van der Waals surface area contributed by atoms with Crippen molar-refractivity contribution in [2.75, 3.05) is 34.4 Å². The molecule has 7 heteroatoms. The van der Waals surface area contributed by atoms with Gasteiger partial charge < -0.3 is 19.5 Å². The van der Waals surface area contributed by atoms with Crippen LogP contribution in [0.15, 0.2) is 36.5 Å². The van der Waals surface area contributed by atoms with Gasteiger partial charge in [-0.25, -0.2) is 0 Å². The van der Waals surface area contributed by atoms with Gasteiger partial charge in [0.15, 0.2) is 11.5 Å². The lowest BCUT2D eigenvalue weighted by molar-refractivity contribution is 0.0896. The Morgan fingerprint density at radius 2 is 1.96 bits per heavy atom. The number of amides is 1. The fraction of sp³-hybridized carbons (Fsp3) is 0.429. The summed E-state index contributed by atoms with van der Waals surface area (Å²) in [4.78, 5) is 19.6. The predicted octanol–water partition coefficient (Wildman–Crippen LogP) is 2.50. The first-order chi connectivity index (χ1) is 13.7. The smallest absolute Gasteiger partial charge is 0.255 e. The van der Waals surface area contributed by atoms with E-state index in [2.05, 4.69) is 15.2 Å². The quantitative estimate of drug-likeness (QED) is 0.790. The molecule has 2 aromatic rings. The Kier molecular flexibility index (Phi) is 6.71. The number of hydrogen-bond donors (Lipinski definition) is 1. The summed E-state index contributed by atoms with van der Waals surface area (Å²) in [6.45, 7) is 2.58. The van der Waals surface area contributed by atoms with E-state index in [9.17, 15) is 4.79 Å². The zero-order valence-corrected chi connectivity index (χ0v) is 16.6. The Hall–Kier alpha value is -2.80. The minimum absolute atomic E-state index is 0.0720. The molecule has 1 aliphatic heterocycles. The van der Waals surface area contributed by atoms with E-state index in [1.807, 2.05) is 24.4 Å². The Labute approximate surface area is 165 Å². The molecule has 1 fully saturated rings. The van der Waals surface area contributed by atoms with E-state index < -0.39 is 0 Å². The lowest BCUT2D eigenvalue weighted by Gasteiger charge is -2.33. The molecule has 1 aliphatic rings. The van der Waals surface area contributed by atoms with Gasteiger partial charge in [-0.15, -0.1) is 0 Å². The highest BCUT2D eigenvalue weighted by Gasteiger charge is 2.25. The van der Waals surface area contributed by atoms with Gasteiger partial charge in [0.05, 0.1) is 32.6 Å². The number of pyridine rings is 1. The van der Waals surface area contributed by atoms with E-state index in [4.69, 9.17) is 14.2 Å². The Balaban J connectivity index is 1.69. The number of aromatic nitrogens is 1. The van der Waals surface area contributed by atoms with Gasteiger partial charge in [-0.1, -0.05) is 6.07 Å². The molecule has 0 bridgehead atoms. The average Bonchev–Trinajstić information content (AvgIpc) is 2.73. The molecule has 1 atom stereocenters. The largest absolute Gasteiger partial charge is 0.493 e. The maximum atomic E-state index is 12.9. The van der Waals surface area contributed by atoms with Crippen molar-refractivity contribution < 1.29 is 19.0 Å². The van der Waals surface area contributed by atoms with E-state index in [0.29, 0.717) is 22.8 Å². The van der Waals surface area contributed by atoms with Crippen molar-refractivity contribution in [2.24, 2.45) is 0 Å². The van der Waals surface area contributed by atoms with E-state index in [0.717, 1.165) is 38.2 Å². The molecule has 2 heterocycles. The van der Waals surface area contributed by atoms with Gasteiger partial charge in [-0.2, -0.15) is 0 Å². The Morgan fingerprint density at radius 3 is 2.64 bits per heavy atom. The van der Waals surface area contributed by atoms with Gasteiger partial charge in [0.2, 0.25) is 5.75 Å². The Morgan fingerprint density at radius 1 is 1.14 bits per heavy atom. The summed E-state index contributed by atoms with van der Waals surface area (Å²) in [7, 11) is 4.59. The molecule has 1 aromatic heterocycles. The van der Waals surface area contributed by atoms with Crippen LogP contribution in [0.3, 0.4) is 0 Å². The summed E-state index contributed by atoms with van der Waals surface area (Å²) >= 11 is 0. The highest BCUT2D eigenvalue weighted by molar-refractivity contribution is 5.98. The molecule has 1 N–H and O–H groups in total. The third kappa shape index (κ3) is 4.54. The fourth-order valence-corrected chi connectivity index (χ4v) is 3.58. The molecule has 7 nitrogen and oxygen atoms in total. The van der Waals surface area contributed by atoms with Crippen LogP contribution in [0.2, 0.25) is 0 Å². The van der Waals surface area contributed by atoms with Crippen molar-refractivity contribution in [3.63, 3.8) is 0 Å². The van der Waals surface area contributed by atoms with Crippen molar-refractivity contribution >= 4 is 5.91 Å². The van der Waals surface area contributed by atoms with Gasteiger partial charge in [0.1, 0.15) is 0 Å². The third-order valence-corrected chi connectivity index (χ3v) is 4.90. The molecular weight excluding hydrogens is 358 g/mol. The molecule has 0 radical (unpaired) electrons. The SMILES string of the molecule is COc1ccc(C(=O)NC2CCCN(Cc3ccccn3)C2)c(OC)c1OC. The number of likely N-dealkylation sites (tertiary alicyclic amines) is 1. The second-order valence-corrected chi connectivity index (χ2v) is 6.75. The lowest BCUT2D eigenvalue weighted by Crippen LogP contribution is -2.47. The van der Waals surface area contributed by atoms with E-state index in [-0.39, 0.29) is 11.9 Å². The van der Waals surface area contributed by atoms with E-state index in [1.54, 1.807) is 19.2 Å². The highest BCUT2D eigenvalue weighted by Crippen LogP contribution is 2.39. The first-order valence-corrected chi connectivity index (χ1v) is 9.38. The lowest BCUT2D eigenvalue weighted by atomic mass is 10.0. The van der Waals surface area contributed by atoms with Crippen LogP contribution >= 0.6 is 0 Å². The van der Waals surface area contributed by atoms with Crippen molar-refractivity contribution in [3.8, 4) is 17.2 Å². The number of rotatable bonds is 7. The summed E-state index contributed by atoms with van der Waals surface area (Å²) in [6, 6.07) is 9.42. The minimum Gasteiger partial charge on any atom is -0.493 e. The van der Waals surface area contributed by atoms with Crippen LogP contribution in [0.5, 0.6) is 17.2 Å². The summed E-state index contributed by atoms with van der Waals surface area (Å²) in [5.74, 6) is 1.14. The molecule has 0 aliphatic carbocycles. The number of nitrogens with zero attached hydrogens (tertiary/aromatic N) is 2. The zero-order chi connectivity index (χ0) is 19.9. The van der Waals surface area contributed by atoms with Crippen molar-refractivity contribution in [2.45, 2.75) is 25.4 Å². The zero-order valence-electron chi connectivity index (χ0n) is 16.6. The number of carbonyl (C=O) groups is 1. The van der Waals surface area contributed by atoms with Crippen LogP contribution in [0, 0.1) is 0 Å². The molecule has 1 aromatic carbocycles. The second-order valence-electron chi connectivity index (χ2n) is 6.75. The summed E-state index contributed by atoms with van der Waals surface area (Å²) in [5, 5.41) is 3.14. The number of carbonyl (C=O) groups excluding carboxylic acids is 1. The van der Waals surface area contributed by atoms with Crippen LogP contribution in [0.4, 0.5) is 0 Å². The number of ether oxygens (including phenoxy) is 3. The number of nitrogens with one attached hydrogen (secondary N) is 1. The monoisotopic (exact) mass is 385 g/mol. The van der Waals surface area contributed by atoms with Crippen molar-refractivity contribution in [1.29, 1.82) is 0 Å². The molecule has 1 amide bonds. The molecule has 0 saturated carbocycles.